The number of aromatic nitrogens is 4. The maximum absolute atomic E-state index is 13.5. The van der Waals surface area contributed by atoms with Crippen LogP contribution in [0.2, 0.25) is 0 Å². The first-order valence-corrected chi connectivity index (χ1v) is 17.6. The number of amides is 1. The third-order valence-corrected chi connectivity index (χ3v) is 9.86. The lowest BCUT2D eigenvalue weighted by molar-refractivity contribution is -0.137. The topological polar surface area (TPSA) is 192 Å². The van der Waals surface area contributed by atoms with Crippen molar-refractivity contribution < 1.29 is 50.5 Å². The van der Waals surface area contributed by atoms with Gasteiger partial charge in [0.05, 0.1) is 22.0 Å². The zero-order valence-electron chi connectivity index (χ0n) is 26.5. The Kier molecular flexibility index (Phi) is 11.9. The van der Waals surface area contributed by atoms with Gasteiger partial charge in [0.2, 0.25) is 10.2 Å². The van der Waals surface area contributed by atoms with Crippen LogP contribution in [0, 0.1) is 0 Å². The molecular formula is C32H32F4N6O7S2. The Bertz CT molecular complexity index is 2040. The first-order valence-electron chi connectivity index (χ1n) is 15.2. The fraction of sp³-hybridized carbons (Fsp3) is 0.312. The average Bonchev–Trinajstić information content (AvgIpc) is 3.76. The van der Waals surface area contributed by atoms with Crippen LogP contribution in [0.5, 0.6) is 11.5 Å². The summed E-state index contributed by atoms with van der Waals surface area (Å²) in [4.78, 5) is 17.5. The predicted molar refractivity (Wildman–Crippen MR) is 176 cm³/mol. The van der Waals surface area contributed by atoms with Crippen molar-refractivity contribution in [2.45, 2.75) is 48.2 Å². The number of thiazole rings is 1. The number of nitrogens with zero attached hydrogens (tertiary/aromatic N) is 4. The molecule has 0 fully saturated rings. The number of nitrogens with one attached hydrogen (secondary N) is 1. The predicted octanol–water partition coefficient (Wildman–Crippen LogP) is 3.35. The van der Waals surface area contributed by atoms with Crippen LogP contribution in [0.15, 0.2) is 77.3 Å². The molecule has 2 aromatic heterocycles. The van der Waals surface area contributed by atoms with E-state index in [1.165, 1.54) is 23.0 Å². The Morgan fingerprint density at radius 3 is 2.33 bits per heavy atom. The molecule has 51 heavy (non-hydrogen) atoms. The molecule has 0 aliphatic carbocycles. The van der Waals surface area contributed by atoms with Crippen LogP contribution < -0.4 is 19.9 Å². The van der Waals surface area contributed by atoms with Crippen LogP contribution in [0.1, 0.15) is 28.4 Å². The number of alkyl halides is 4. The lowest BCUT2D eigenvalue weighted by Gasteiger charge is -2.18. The Morgan fingerprint density at radius 1 is 0.980 bits per heavy atom. The number of hydrogen-bond acceptors (Lipinski definition) is 11. The summed E-state index contributed by atoms with van der Waals surface area (Å²) in [6.07, 6.45) is -5.53. The summed E-state index contributed by atoms with van der Waals surface area (Å²) in [5.74, 6) is 0.288. The molecule has 0 saturated heterocycles. The smallest absolute Gasteiger partial charge is 0.416 e. The van der Waals surface area contributed by atoms with E-state index in [9.17, 15) is 41.0 Å². The maximum Gasteiger partial charge on any atom is 0.416 e. The van der Waals surface area contributed by atoms with Gasteiger partial charge in [-0.05, 0) is 60.0 Å². The molecule has 0 saturated carbocycles. The molecule has 5 N–H and O–H groups in total. The van der Waals surface area contributed by atoms with E-state index < -0.39 is 52.6 Å². The van der Waals surface area contributed by atoms with Gasteiger partial charge in [0.1, 0.15) is 55.3 Å². The zero-order valence-corrected chi connectivity index (χ0v) is 28.2. The largest absolute Gasteiger partial charge is 0.491 e. The normalized spacial score (nSPS) is 13.9. The minimum Gasteiger partial charge on any atom is -0.491 e. The number of ether oxygens (including phenoxy) is 2. The molecule has 272 valence electrons. The molecule has 0 aliphatic heterocycles. The van der Waals surface area contributed by atoms with E-state index in [0.717, 1.165) is 23.5 Å². The van der Waals surface area contributed by atoms with E-state index in [2.05, 4.69) is 20.6 Å². The number of halogens is 4. The van der Waals surface area contributed by atoms with Gasteiger partial charge in [-0.25, -0.2) is 27.6 Å². The van der Waals surface area contributed by atoms with Crippen LogP contribution >= 0.6 is 11.3 Å². The fourth-order valence-electron chi connectivity index (χ4n) is 4.74. The van der Waals surface area contributed by atoms with Crippen molar-refractivity contribution in [3.63, 3.8) is 0 Å². The zero-order chi connectivity index (χ0) is 36.8. The van der Waals surface area contributed by atoms with Crippen molar-refractivity contribution in [2.75, 3.05) is 19.8 Å². The van der Waals surface area contributed by atoms with Crippen LogP contribution in [-0.4, -0.2) is 76.6 Å². The Balaban J connectivity index is 1.27. The molecule has 3 atom stereocenters. The van der Waals surface area contributed by atoms with Gasteiger partial charge in [0, 0.05) is 13.0 Å². The van der Waals surface area contributed by atoms with Gasteiger partial charge < -0.3 is 25.0 Å². The molecule has 5 aromatic rings. The van der Waals surface area contributed by atoms with Crippen molar-refractivity contribution in [2.24, 2.45) is 5.14 Å². The van der Waals surface area contributed by atoms with E-state index >= 15 is 0 Å². The van der Waals surface area contributed by atoms with Crippen LogP contribution in [-0.2, 0) is 40.4 Å². The highest BCUT2D eigenvalue weighted by Crippen LogP contribution is 2.30. The number of carbonyl (C=O) groups excluding carboxylic acids is 1. The standard InChI is InChI=1S/C32H32F4N6O7S2/c33-15-27(43)28(44)18-49-23-7-3-20(4-8-23)13-26(30(45)38-12-11-19-1-5-21(6-2-19)32(34,35)36)42-16-22(40-41-42)17-48-24-9-10-25-29(14-24)50-31(39-25)51(37,46)47/h1-10,14,16,26-28,43-44H,11-13,15,17-18H2,(H,38,45)(H2,37,46,47)/t26?,27-,28-/m0/s1. The number of hydrogen-bond donors (Lipinski definition) is 4. The molecule has 2 heterocycles. The molecule has 5 rings (SSSR count). The quantitative estimate of drug-likeness (QED) is 0.109. The number of sulfonamides is 1. The molecule has 3 aromatic carbocycles. The van der Waals surface area contributed by atoms with Crippen molar-refractivity contribution in [1.82, 2.24) is 25.3 Å². The fourth-order valence-corrected chi connectivity index (χ4v) is 6.42. The highest BCUT2D eigenvalue weighted by molar-refractivity contribution is 7.91. The summed E-state index contributed by atoms with van der Waals surface area (Å²) in [5, 5.41) is 35.4. The number of aliphatic hydroxyl groups is 2. The number of primary sulfonamides is 1. The Labute approximate surface area is 292 Å². The minimum absolute atomic E-state index is 0.0520. The Morgan fingerprint density at radius 2 is 1.67 bits per heavy atom. The second-order valence-electron chi connectivity index (χ2n) is 11.3. The van der Waals surface area contributed by atoms with Gasteiger partial charge in [0.15, 0.2) is 0 Å². The summed E-state index contributed by atoms with van der Waals surface area (Å²) < 4.78 is 87.6. The van der Waals surface area contributed by atoms with E-state index in [-0.39, 0.29) is 36.9 Å². The van der Waals surface area contributed by atoms with E-state index in [0.29, 0.717) is 38.5 Å². The SMILES string of the molecule is NS(=O)(=O)c1nc2ccc(OCc3cn(C(Cc4ccc(OC[C@H](O)[C@@H](O)CF)cc4)C(=O)NCCc4ccc(C(F)(F)F)cc4)nn3)cc2s1. The summed E-state index contributed by atoms with van der Waals surface area (Å²) in [5.41, 5.74) is 1.30. The third kappa shape index (κ3) is 10.2. The number of carbonyl (C=O) groups is 1. The lowest BCUT2D eigenvalue weighted by atomic mass is 10.0. The molecule has 1 amide bonds. The maximum atomic E-state index is 13.5. The first kappa shape index (κ1) is 37.6. The summed E-state index contributed by atoms with van der Waals surface area (Å²) in [6.45, 7) is -1.39. The van der Waals surface area contributed by atoms with Crippen molar-refractivity contribution >= 4 is 37.5 Å². The second-order valence-corrected chi connectivity index (χ2v) is 14.1. The van der Waals surface area contributed by atoms with Gasteiger partial charge in [-0.15, -0.1) is 16.4 Å². The monoisotopic (exact) mass is 752 g/mol. The van der Waals surface area contributed by atoms with Crippen molar-refractivity contribution in [1.29, 1.82) is 0 Å². The Hall–Kier alpha value is -4.69. The van der Waals surface area contributed by atoms with E-state index in [1.807, 2.05) is 0 Å². The number of fused-ring (bicyclic) bond motifs is 1. The average molecular weight is 753 g/mol. The number of rotatable bonds is 16. The van der Waals surface area contributed by atoms with Gasteiger partial charge >= 0.3 is 6.18 Å². The van der Waals surface area contributed by atoms with Gasteiger partial charge in [-0.2, -0.15) is 13.2 Å². The van der Waals surface area contributed by atoms with Gasteiger partial charge in [-0.1, -0.05) is 29.5 Å². The molecule has 0 radical (unpaired) electrons. The van der Waals surface area contributed by atoms with Crippen molar-refractivity contribution in [3.8, 4) is 11.5 Å². The molecule has 0 aliphatic rings. The molecule has 0 spiro atoms. The van der Waals surface area contributed by atoms with E-state index in [1.54, 1.807) is 42.5 Å². The number of nitrogens with two attached hydrogens (primary N) is 1. The highest BCUT2D eigenvalue weighted by Gasteiger charge is 2.30. The summed E-state index contributed by atoms with van der Waals surface area (Å²) in [7, 11) is -3.97. The molecular weight excluding hydrogens is 721 g/mol. The third-order valence-electron chi connectivity index (χ3n) is 7.52. The molecule has 0 bridgehead atoms. The summed E-state index contributed by atoms with van der Waals surface area (Å²) >= 11 is 0.897. The van der Waals surface area contributed by atoms with Crippen LogP contribution in [0.3, 0.4) is 0 Å². The van der Waals surface area contributed by atoms with Crippen LogP contribution in [0.4, 0.5) is 17.6 Å². The number of benzene rings is 3. The van der Waals surface area contributed by atoms with E-state index in [4.69, 9.17) is 14.6 Å². The first-order chi connectivity index (χ1) is 24.2. The molecule has 1 unspecified atom stereocenters. The minimum atomic E-state index is -4.46. The van der Waals surface area contributed by atoms with Crippen molar-refractivity contribution in [3.05, 3.63) is 95.3 Å². The van der Waals surface area contributed by atoms with Gasteiger partial charge in [-0.3, -0.25) is 4.79 Å². The second kappa shape index (κ2) is 16.1. The highest BCUT2D eigenvalue weighted by atomic mass is 32.2. The lowest BCUT2D eigenvalue weighted by Crippen LogP contribution is -2.35. The molecule has 13 nitrogen and oxygen atoms in total. The summed E-state index contributed by atoms with van der Waals surface area (Å²) in [6, 6.07) is 15.0. The van der Waals surface area contributed by atoms with Crippen LogP contribution in [0.25, 0.3) is 10.2 Å². The number of aliphatic hydroxyl groups excluding tert-OH is 2. The van der Waals surface area contributed by atoms with Gasteiger partial charge in [0.25, 0.3) is 10.0 Å². The molecule has 19 heteroatoms.